The standard InChI is InChI=1S/C18H22N2O4S2/c1-12-4-6-15(7-5-12)24-10-16-19-13(2)17(25-16)18(21)20(3)14-8-9-26(22,23)11-14/h4-7,14H,8-11H2,1-3H3/t14-/m0/s1. The third-order valence-corrected chi connectivity index (χ3v) is 7.36. The van der Waals surface area contributed by atoms with Gasteiger partial charge in [-0.15, -0.1) is 11.3 Å². The number of rotatable bonds is 5. The zero-order valence-corrected chi connectivity index (χ0v) is 16.7. The van der Waals surface area contributed by atoms with Crippen molar-refractivity contribution in [2.45, 2.75) is 32.9 Å². The summed E-state index contributed by atoms with van der Waals surface area (Å²) >= 11 is 1.30. The molecular formula is C18H22N2O4S2. The lowest BCUT2D eigenvalue weighted by Crippen LogP contribution is -2.37. The molecule has 0 bridgehead atoms. The minimum Gasteiger partial charge on any atom is -0.486 e. The number of aromatic nitrogens is 1. The summed E-state index contributed by atoms with van der Waals surface area (Å²) in [5.74, 6) is 0.761. The van der Waals surface area contributed by atoms with E-state index in [9.17, 15) is 13.2 Å². The van der Waals surface area contributed by atoms with E-state index in [-0.39, 0.29) is 23.5 Å². The van der Waals surface area contributed by atoms with Crippen LogP contribution in [0.5, 0.6) is 5.75 Å². The van der Waals surface area contributed by atoms with Gasteiger partial charge in [-0.3, -0.25) is 4.79 Å². The van der Waals surface area contributed by atoms with Gasteiger partial charge >= 0.3 is 0 Å². The number of benzene rings is 1. The summed E-state index contributed by atoms with van der Waals surface area (Å²) in [6, 6.07) is 7.48. The topological polar surface area (TPSA) is 76.6 Å². The van der Waals surface area contributed by atoms with Gasteiger partial charge in [-0.2, -0.15) is 0 Å². The molecule has 2 heterocycles. The second kappa shape index (κ2) is 7.36. The first-order valence-electron chi connectivity index (χ1n) is 8.38. The fourth-order valence-corrected chi connectivity index (χ4v) is 5.63. The Morgan fingerprint density at radius 2 is 2.00 bits per heavy atom. The van der Waals surface area contributed by atoms with Gasteiger partial charge in [0, 0.05) is 13.1 Å². The van der Waals surface area contributed by atoms with Crippen molar-refractivity contribution in [3.05, 3.63) is 45.4 Å². The van der Waals surface area contributed by atoms with Crippen molar-refractivity contribution >= 4 is 27.1 Å². The minimum atomic E-state index is -3.03. The van der Waals surface area contributed by atoms with Crippen molar-refractivity contribution in [3.63, 3.8) is 0 Å². The Morgan fingerprint density at radius 3 is 2.62 bits per heavy atom. The highest BCUT2D eigenvalue weighted by Gasteiger charge is 2.34. The summed E-state index contributed by atoms with van der Waals surface area (Å²) in [5, 5.41) is 0.721. The predicted molar refractivity (Wildman–Crippen MR) is 102 cm³/mol. The Labute approximate surface area is 157 Å². The van der Waals surface area contributed by atoms with E-state index in [1.54, 1.807) is 14.0 Å². The van der Waals surface area contributed by atoms with Crippen LogP contribution in [0.3, 0.4) is 0 Å². The van der Waals surface area contributed by atoms with Crippen LogP contribution in [0.25, 0.3) is 0 Å². The van der Waals surface area contributed by atoms with Crippen LogP contribution in [0.4, 0.5) is 0 Å². The van der Waals surface area contributed by atoms with E-state index < -0.39 is 9.84 Å². The number of sulfone groups is 1. The van der Waals surface area contributed by atoms with Gasteiger partial charge in [0.05, 0.1) is 17.2 Å². The van der Waals surface area contributed by atoms with Crippen LogP contribution in [-0.4, -0.2) is 48.8 Å². The highest BCUT2D eigenvalue weighted by Crippen LogP contribution is 2.24. The molecule has 0 N–H and O–H groups in total. The molecule has 0 unspecified atom stereocenters. The molecule has 0 radical (unpaired) electrons. The number of aryl methyl sites for hydroxylation is 2. The molecule has 2 aromatic rings. The number of nitrogens with zero attached hydrogens (tertiary/aromatic N) is 2. The van der Waals surface area contributed by atoms with Crippen LogP contribution in [-0.2, 0) is 16.4 Å². The first kappa shape index (κ1) is 18.8. The van der Waals surface area contributed by atoms with Crippen LogP contribution < -0.4 is 4.74 Å². The molecule has 0 saturated carbocycles. The predicted octanol–water partition coefficient (Wildman–Crippen LogP) is 2.60. The Kier molecular flexibility index (Phi) is 5.34. The molecule has 0 spiro atoms. The van der Waals surface area contributed by atoms with Crippen LogP contribution in [0.15, 0.2) is 24.3 Å². The highest BCUT2D eigenvalue weighted by atomic mass is 32.2. The van der Waals surface area contributed by atoms with Crippen molar-refractivity contribution in [1.29, 1.82) is 0 Å². The third kappa shape index (κ3) is 4.24. The number of hydrogen-bond acceptors (Lipinski definition) is 6. The first-order chi connectivity index (χ1) is 12.2. The molecule has 1 aromatic carbocycles. The van der Waals surface area contributed by atoms with E-state index in [0.29, 0.717) is 23.6 Å². The van der Waals surface area contributed by atoms with Crippen LogP contribution in [0, 0.1) is 13.8 Å². The quantitative estimate of drug-likeness (QED) is 0.779. The van der Waals surface area contributed by atoms with E-state index >= 15 is 0 Å². The number of thiazole rings is 1. The lowest BCUT2D eigenvalue weighted by molar-refractivity contribution is 0.0751. The number of amides is 1. The van der Waals surface area contributed by atoms with Gasteiger partial charge in [0.25, 0.3) is 5.91 Å². The number of ether oxygens (including phenoxy) is 1. The summed E-state index contributed by atoms with van der Waals surface area (Å²) in [4.78, 5) is 19.3. The van der Waals surface area contributed by atoms with E-state index in [1.165, 1.54) is 16.2 Å². The van der Waals surface area contributed by atoms with E-state index in [4.69, 9.17) is 4.74 Å². The second-order valence-electron chi connectivity index (χ2n) is 6.60. The second-order valence-corrected chi connectivity index (χ2v) is 9.91. The van der Waals surface area contributed by atoms with Gasteiger partial charge in [-0.05, 0) is 32.4 Å². The molecule has 1 aromatic heterocycles. The van der Waals surface area contributed by atoms with Gasteiger partial charge in [-0.25, -0.2) is 13.4 Å². The molecule has 6 nitrogen and oxygen atoms in total. The van der Waals surface area contributed by atoms with Crippen molar-refractivity contribution in [1.82, 2.24) is 9.88 Å². The summed E-state index contributed by atoms with van der Waals surface area (Å²) in [6.45, 7) is 4.10. The van der Waals surface area contributed by atoms with E-state index in [1.807, 2.05) is 31.2 Å². The van der Waals surface area contributed by atoms with Crippen LogP contribution in [0.2, 0.25) is 0 Å². The monoisotopic (exact) mass is 394 g/mol. The van der Waals surface area contributed by atoms with Gasteiger partial charge in [0.1, 0.15) is 22.2 Å². The molecule has 0 aliphatic carbocycles. The van der Waals surface area contributed by atoms with Crippen LogP contribution in [0.1, 0.15) is 32.4 Å². The molecule has 1 aliphatic rings. The van der Waals surface area contributed by atoms with Crippen LogP contribution >= 0.6 is 11.3 Å². The van der Waals surface area contributed by atoms with E-state index in [2.05, 4.69) is 4.98 Å². The zero-order chi connectivity index (χ0) is 18.9. The molecule has 3 rings (SSSR count). The van der Waals surface area contributed by atoms with Gasteiger partial charge in [0.2, 0.25) is 0 Å². The van der Waals surface area contributed by atoms with Crippen molar-refractivity contribution in [2.24, 2.45) is 0 Å². The molecule has 1 aliphatic heterocycles. The molecule has 140 valence electrons. The fraction of sp³-hybridized carbons (Fsp3) is 0.444. The Bertz CT molecular complexity index is 904. The highest BCUT2D eigenvalue weighted by molar-refractivity contribution is 7.91. The minimum absolute atomic E-state index is 0.0382. The summed E-state index contributed by atoms with van der Waals surface area (Å²) < 4.78 is 29.0. The average molecular weight is 395 g/mol. The maximum Gasteiger partial charge on any atom is 0.265 e. The molecular weight excluding hydrogens is 372 g/mol. The molecule has 8 heteroatoms. The van der Waals surface area contributed by atoms with Crippen molar-refractivity contribution < 1.29 is 17.9 Å². The number of carbonyl (C=O) groups is 1. The first-order valence-corrected chi connectivity index (χ1v) is 11.0. The maximum absolute atomic E-state index is 12.7. The van der Waals surface area contributed by atoms with Crippen molar-refractivity contribution in [2.75, 3.05) is 18.6 Å². The summed E-state index contributed by atoms with van der Waals surface area (Å²) in [7, 11) is -1.37. The number of hydrogen-bond donors (Lipinski definition) is 0. The smallest absolute Gasteiger partial charge is 0.265 e. The summed E-state index contributed by atoms with van der Waals surface area (Å²) in [6.07, 6.45) is 0.492. The maximum atomic E-state index is 12.7. The molecule has 1 amide bonds. The third-order valence-electron chi connectivity index (χ3n) is 4.49. The molecule has 26 heavy (non-hydrogen) atoms. The lowest BCUT2D eigenvalue weighted by Gasteiger charge is -2.22. The SMILES string of the molecule is Cc1ccc(OCc2nc(C)c(C(=O)N(C)[C@H]3CCS(=O)(=O)C3)s2)cc1. The average Bonchev–Trinajstić information content (AvgIpc) is 3.15. The van der Waals surface area contributed by atoms with Gasteiger partial charge in [0.15, 0.2) is 9.84 Å². The zero-order valence-electron chi connectivity index (χ0n) is 15.1. The van der Waals surface area contributed by atoms with Gasteiger partial charge in [-0.1, -0.05) is 17.7 Å². The molecule has 1 saturated heterocycles. The largest absolute Gasteiger partial charge is 0.486 e. The van der Waals surface area contributed by atoms with E-state index in [0.717, 1.165) is 16.3 Å². The summed E-state index contributed by atoms with van der Waals surface area (Å²) in [5.41, 5.74) is 1.81. The number of carbonyl (C=O) groups excluding carboxylic acids is 1. The Balaban J connectivity index is 1.67. The van der Waals surface area contributed by atoms with Crippen molar-refractivity contribution in [3.8, 4) is 5.75 Å². The van der Waals surface area contributed by atoms with Gasteiger partial charge < -0.3 is 9.64 Å². The Hall–Kier alpha value is -1.93. The lowest BCUT2D eigenvalue weighted by atomic mass is 10.2. The normalized spacial score (nSPS) is 18.7. The Morgan fingerprint density at radius 1 is 1.31 bits per heavy atom. The fourth-order valence-electron chi connectivity index (χ4n) is 2.90. The molecule has 1 atom stereocenters. The molecule has 1 fully saturated rings.